The highest BCUT2D eigenvalue weighted by molar-refractivity contribution is 6.30. The highest BCUT2D eigenvalue weighted by atomic mass is 35.5. The topological polar surface area (TPSA) is 66.5 Å². The van der Waals surface area contributed by atoms with Crippen LogP contribution >= 0.6 is 11.6 Å². The van der Waals surface area contributed by atoms with Crippen LogP contribution in [0.3, 0.4) is 0 Å². The van der Waals surface area contributed by atoms with E-state index in [1.54, 1.807) is 12.3 Å². The van der Waals surface area contributed by atoms with Gasteiger partial charge in [-0.05, 0) is 36.2 Å². The molecule has 2 aromatic rings. The summed E-state index contributed by atoms with van der Waals surface area (Å²) in [4.78, 5) is 18.9. The van der Waals surface area contributed by atoms with Crippen LogP contribution in [0.2, 0.25) is 5.02 Å². The van der Waals surface area contributed by atoms with Crippen LogP contribution in [-0.2, 0) is 11.2 Å². The molecule has 7 heteroatoms. The van der Waals surface area contributed by atoms with Crippen LogP contribution in [0.4, 0.5) is 5.69 Å². The molecule has 0 unspecified atom stereocenters. The molecule has 1 saturated heterocycles. The summed E-state index contributed by atoms with van der Waals surface area (Å²) in [5, 5.41) is 6.99. The van der Waals surface area contributed by atoms with Crippen LogP contribution in [0.5, 0.6) is 0 Å². The third-order valence-corrected chi connectivity index (χ3v) is 4.72. The largest absolute Gasteiger partial charge is 0.384 e. The van der Waals surface area contributed by atoms with Crippen LogP contribution < -0.4 is 10.6 Å². The second kappa shape index (κ2) is 10.3. The van der Waals surface area contributed by atoms with Gasteiger partial charge in [0.25, 0.3) is 5.91 Å². The van der Waals surface area contributed by atoms with Crippen LogP contribution in [0.1, 0.15) is 16.1 Å². The molecule has 1 aromatic carbocycles. The second-order valence-corrected chi connectivity index (χ2v) is 6.88. The van der Waals surface area contributed by atoms with Gasteiger partial charge in [-0.1, -0.05) is 23.7 Å². The van der Waals surface area contributed by atoms with Crippen molar-refractivity contribution in [2.75, 3.05) is 51.3 Å². The van der Waals surface area contributed by atoms with E-state index in [-0.39, 0.29) is 5.91 Å². The standard InChI is InChI=1S/C20H25ClN4O2/c21-17-3-1-16(2-4-17)5-7-24-20(26)19-15-18(6-8-23-19)22-9-10-25-11-13-27-14-12-25/h1-4,6,8,15H,5,7,9-14H2,(H,22,23)(H,24,26). The van der Waals surface area contributed by atoms with Crippen molar-refractivity contribution in [2.45, 2.75) is 6.42 Å². The number of morpholine rings is 1. The number of hydrogen-bond donors (Lipinski definition) is 2. The van der Waals surface area contributed by atoms with Crippen molar-refractivity contribution in [1.82, 2.24) is 15.2 Å². The number of anilines is 1. The number of pyridine rings is 1. The van der Waals surface area contributed by atoms with Gasteiger partial charge < -0.3 is 15.4 Å². The zero-order valence-corrected chi connectivity index (χ0v) is 16.0. The number of carbonyl (C=O) groups excluding carboxylic acids is 1. The lowest BCUT2D eigenvalue weighted by Gasteiger charge is -2.26. The van der Waals surface area contributed by atoms with Gasteiger partial charge in [0.05, 0.1) is 13.2 Å². The molecule has 0 spiro atoms. The molecule has 0 aliphatic carbocycles. The zero-order valence-electron chi connectivity index (χ0n) is 15.3. The second-order valence-electron chi connectivity index (χ2n) is 6.44. The van der Waals surface area contributed by atoms with Crippen LogP contribution in [0, 0.1) is 0 Å². The highest BCUT2D eigenvalue weighted by Crippen LogP contribution is 2.10. The van der Waals surface area contributed by atoms with Gasteiger partial charge in [-0.15, -0.1) is 0 Å². The number of amides is 1. The normalized spacial score (nSPS) is 14.7. The Morgan fingerprint density at radius 3 is 2.70 bits per heavy atom. The molecular formula is C20H25ClN4O2. The summed E-state index contributed by atoms with van der Waals surface area (Å²) in [7, 11) is 0. The lowest BCUT2D eigenvalue weighted by atomic mass is 10.1. The molecule has 0 radical (unpaired) electrons. The molecule has 2 N–H and O–H groups in total. The third-order valence-electron chi connectivity index (χ3n) is 4.47. The fourth-order valence-electron chi connectivity index (χ4n) is 2.91. The first-order valence-electron chi connectivity index (χ1n) is 9.23. The molecule has 2 heterocycles. The summed E-state index contributed by atoms with van der Waals surface area (Å²) >= 11 is 5.88. The van der Waals surface area contributed by atoms with Gasteiger partial charge in [-0.2, -0.15) is 0 Å². The maximum Gasteiger partial charge on any atom is 0.269 e. The number of nitrogens with one attached hydrogen (secondary N) is 2. The van der Waals surface area contributed by atoms with Crippen molar-refractivity contribution < 1.29 is 9.53 Å². The molecule has 1 aromatic heterocycles. The zero-order chi connectivity index (χ0) is 18.9. The molecule has 0 atom stereocenters. The fourth-order valence-corrected chi connectivity index (χ4v) is 3.04. The van der Waals surface area contributed by atoms with Crippen molar-refractivity contribution >= 4 is 23.2 Å². The molecule has 27 heavy (non-hydrogen) atoms. The molecule has 0 bridgehead atoms. The monoisotopic (exact) mass is 388 g/mol. The Bertz CT molecular complexity index is 733. The van der Waals surface area contributed by atoms with Crippen molar-refractivity contribution in [3.8, 4) is 0 Å². The lowest BCUT2D eigenvalue weighted by Crippen LogP contribution is -2.39. The van der Waals surface area contributed by atoms with E-state index in [9.17, 15) is 4.79 Å². The molecule has 1 aliphatic rings. The Morgan fingerprint density at radius 2 is 1.93 bits per heavy atom. The van der Waals surface area contributed by atoms with Gasteiger partial charge in [0.15, 0.2) is 0 Å². The van der Waals surface area contributed by atoms with Gasteiger partial charge in [-0.3, -0.25) is 14.7 Å². The predicted octanol–water partition coefficient (Wildman–Crippen LogP) is 2.45. The van der Waals surface area contributed by atoms with Crippen LogP contribution in [0.25, 0.3) is 0 Å². The molecule has 1 aliphatic heterocycles. The quantitative estimate of drug-likeness (QED) is 0.727. The van der Waals surface area contributed by atoms with E-state index in [0.717, 1.165) is 57.1 Å². The van der Waals surface area contributed by atoms with E-state index in [1.165, 1.54) is 0 Å². The molecule has 6 nitrogen and oxygen atoms in total. The number of nitrogens with zero attached hydrogens (tertiary/aromatic N) is 2. The average Bonchev–Trinajstić information content (AvgIpc) is 2.70. The first-order chi connectivity index (χ1) is 13.2. The van der Waals surface area contributed by atoms with Gasteiger partial charge in [0.2, 0.25) is 0 Å². The van der Waals surface area contributed by atoms with Crippen molar-refractivity contribution in [3.05, 3.63) is 58.9 Å². The average molecular weight is 389 g/mol. The van der Waals surface area contributed by atoms with Gasteiger partial charge in [-0.25, -0.2) is 0 Å². The Labute approximate surface area is 164 Å². The fraction of sp³-hybridized carbons (Fsp3) is 0.400. The first-order valence-corrected chi connectivity index (χ1v) is 9.61. The number of hydrogen-bond acceptors (Lipinski definition) is 5. The van der Waals surface area contributed by atoms with Gasteiger partial charge in [0, 0.05) is 49.6 Å². The Balaban J connectivity index is 1.42. The first kappa shape index (κ1) is 19.6. The number of aromatic nitrogens is 1. The SMILES string of the molecule is O=C(NCCc1ccc(Cl)cc1)c1cc(NCCN2CCOCC2)ccn1. The molecule has 144 valence electrons. The molecule has 1 amide bonds. The number of benzene rings is 1. The highest BCUT2D eigenvalue weighted by Gasteiger charge is 2.10. The lowest BCUT2D eigenvalue weighted by molar-refractivity contribution is 0.0398. The van der Waals surface area contributed by atoms with E-state index in [0.29, 0.717) is 17.3 Å². The Morgan fingerprint density at radius 1 is 1.15 bits per heavy atom. The Kier molecular flexibility index (Phi) is 7.45. The Hall–Kier alpha value is -2.15. The van der Waals surface area contributed by atoms with Crippen molar-refractivity contribution in [3.63, 3.8) is 0 Å². The maximum absolute atomic E-state index is 12.3. The summed E-state index contributed by atoms with van der Waals surface area (Å²) in [6.45, 7) is 5.87. The van der Waals surface area contributed by atoms with Crippen LogP contribution in [-0.4, -0.2) is 61.7 Å². The van der Waals surface area contributed by atoms with Crippen molar-refractivity contribution in [1.29, 1.82) is 0 Å². The summed E-state index contributed by atoms with van der Waals surface area (Å²) in [5.41, 5.74) is 2.45. The number of carbonyl (C=O) groups is 1. The smallest absolute Gasteiger partial charge is 0.269 e. The summed E-state index contributed by atoms with van der Waals surface area (Å²) in [6.07, 6.45) is 2.41. The van der Waals surface area contributed by atoms with E-state index in [2.05, 4.69) is 20.5 Å². The predicted molar refractivity (Wildman–Crippen MR) is 107 cm³/mol. The van der Waals surface area contributed by atoms with Gasteiger partial charge in [0.1, 0.15) is 5.69 Å². The third kappa shape index (κ3) is 6.50. The minimum Gasteiger partial charge on any atom is -0.384 e. The molecule has 0 saturated carbocycles. The van der Waals surface area contributed by atoms with Crippen LogP contribution in [0.15, 0.2) is 42.6 Å². The van der Waals surface area contributed by atoms with E-state index in [1.807, 2.05) is 30.3 Å². The number of rotatable bonds is 8. The van der Waals surface area contributed by atoms with Crippen molar-refractivity contribution in [2.24, 2.45) is 0 Å². The van der Waals surface area contributed by atoms with Gasteiger partial charge >= 0.3 is 0 Å². The number of halogens is 1. The van der Waals surface area contributed by atoms with E-state index in [4.69, 9.17) is 16.3 Å². The molecule has 3 rings (SSSR count). The minimum absolute atomic E-state index is 0.166. The summed E-state index contributed by atoms with van der Waals surface area (Å²) in [6, 6.07) is 11.3. The molecular weight excluding hydrogens is 364 g/mol. The summed E-state index contributed by atoms with van der Waals surface area (Å²) in [5.74, 6) is -0.166. The number of ether oxygens (including phenoxy) is 1. The van der Waals surface area contributed by atoms with E-state index >= 15 is 0 Å². The van der Waals surface area contributed by atoms with E-state index < -0.39 is 0 Å². The minimum atomic E-state index is -0.166. The summed E-state index contributed by atoms with van der Waals surface area (Å²) < 4.78 is 5.35. The maximum atomic E-state index is 12.3. The molecule has 1 fully saturated rings.